The summed E-state index contributed by atoms with van der Waals surface area (Å²) in [6.07, 6.45) is -0.0458. The summed E-state index contributed by atoms with van der Waals surface area (Å²) in [7, 11) is 0. The fourth-order valence-corrected chi connectivity index (χ4v) is 3.72. The quantitative estimate of drug-likeness (QED) is 0.531. The van der Waals surface area contributed by atoms with Crippen molar-refractivity contribution in [2.24, 2.45) is 0 Å². The average Bonchev–Trinajstić information content (AvgIpc) is 3.02. The van der Waals surface area contributed by atoms with E-state index in [0.29, 0.717) is 11.4 Å². The molecule has 3 aromatic rings. The zero-order chi connectivity index (χ0) is 19.8. The van der Waals surface area contributed by atoms with Gasteiger partial charge in [0, 0.05) is 16.5 Å². The Balaban J connectivity index is 1.85. The van der Waals surface area contributed by atoms with E-state index in [9.17, 15) is 14.7 Å². The SMILES string of the molecule is [3H]C1([3H])OC(=O)[C@](O)(CC)c2cc3n(c(=O)c21)Cc1cc2ccccc2nc1-3. The van der Waals surface area contributed by atoms with Crippen molar-refractivity contribution in [2.75, 3.05) is 0 Å². The maximum Gasteiger partial charge on any atom is 0.343 e. The number of esters is 1. The van der Waals surface area contributed by atoms with E-state index in [1.54, 1.807) is 6.92 Å². The van der Waals surface area contributed by atoms with Gasteiger partial charge in [0.1, 0.15) is 6.56 Å². The third-order valence-corrected chi connectivity index (χ3v) is 5.21. The van der Waals surface area contributed by atoms with Crippen LogP contribution in [0.4, 0.5) is 0 Å². The first kappa shape index (κ1) is 13.2. The summed E-state index contributed by atoms with van der Waals surface area (Å²) in [5.74, 6) is -1.10. The van der Waals surface area contributed by atoms with Crippen LogP contribution in [0.3, 0.4) is 0 Å². The van der Waals surface area contributed by atoms with Gasteiger partial charge in [0.15, 0.2) is 5.60 Å². The largest absolute Gasteiger partial charge is 0.458 e. The number of carbonyl (C=O) groups excluding carboxylic acids is 1. The maximum absolute atomic E-state index is 13.2. The first-order valence-electron chi connectivity index (χ1n) is 9.40. The van der Waals surface area contributed by atoms with Gasteiger partial charge in [0.05, 0.1) is 31.8 Å². The van der Waals surface area contributed by atoms with E-state index in [2.05, 4.69) is 4.98 Å². The molecule has 6 heteroatoms. The molecule has 1 atom stereocenters. The lowest BCUT2D eigenvalue weighted by Gasteiger charge is -2.31. The van der Waals surface area contributed by atoms with Crippen LogP contribution < -0.4 is 5.56 Å². The fraction of sp³-hybridized carbons (Fsp3) is 0.250. The minimum Gasteiger partial charge on any atom is -0.458 e. The van der Waals surface area contributed by atoms with Crippen LogP contribution in [0.25, 0.3) is 22.3 Å². The van der Waals surface area contributed by atoms with E-state index in [4.69, 9.17) is 7.48 Å². The lowest BCUT2D eigenvalue weighted by molar-refractivity contribution is -0.172. The standard InChI is InChI=1S/C20H16N2O4/c1-2-20(25)14-8-16-17-12(7-11-5-3-4-6-15(11)21-17)9-22(16)18(23)13(14)10-26-19(20)24/h3-8,25H,2,9-10H2,1H3/t20-/m0/s1/i10T2. The number of hydrogen-bond acceptors (Lipinski definition) is 5. The van der Waals surface area contributed by atoms with E-state index in [1.807, 2.05) is 30.3 Å². The van der Waals surface area contributed by atoms with Crippen molar-refractivity contribution in [1.29, 1.82) is 0 Å². The molecule has 0 bridgehead atoms. The summed E-state index contributed by atoms with van der Waals surface area (Å²) in [5, 5.41) is 11.8. The molecular weight excluding hydrogens is 332 g/mol. The summed E-state index contributed by atoms with van der Waals surface area (Å²) in [6.45, 7) is -0.792. The summed E-state index contributed by atoms with van der Waals surface area (Å²) in [5.41, 5.74) is -0.438. The number of nitrogens with zero attached hydrogens (tertiary/aromatic N) is 2. The summed E-state index contributed by atoms with van der Waals surface area (Å²) in [6, 6.07) is 11.0. The van der Waals surface area contributed by atoms with Gasteiger partial charge in [-0.15, -0.1) is 0 Å². The second-order valence-corrected chi connectivity index (χ2v) is 6.60. The number of para-hydroxylation sites is 1. The Labute approximate surface area is 151 Å². The predicted octanol–water partition coefficient (Wildman–Crippen LogP) is 2.08. The second-order valence-electron chi connectivity index (χ2n) is 6.60. The number of cyclic esters (lactones) is 1. The molecule has 2 aliphatic rings. The molecule has 0 saturated heterocycles. The third kappa shape index (κ3) is 1.82. The molecule has 0 amide bonds. The van der Waals surface area contributed by atoms with Crippen molar-refractivity contribution in [3.8, 4) is 11.4 Å². The van der Waals surface area contributed by atoms with Gasteiger partial charge in [0.25, 0.3) is 5.56 Å². The van der Waals surface area contributed by atoms with E-state index in [0.717, 1.165) is 16.5 Å². The van der Waals surface area contributed by atoms with Gasteiger partial charge >= 0.3 is 5.97 Å². The number of fused-ring (bicyclic) bond motifs is 5. The molecule has 5 rings (SSSR count). The Kier molecular flexibility index (Phi) is 2.56. The van der Waals surface area contributed by atoms with Gasteiger partial charge in [0.2, 0.25) is 0 Å². The Hall–Kier alpha value is -2.99. The number of ether oxygens (including phenoxy) is 1. The van der Waals surface area contributed by atoms with Crippen molar-refractivity contribution in [2.45, 2.75) is 32.0 Å². The van der Waals surface area contributed by atoms with Crippen molar-refractivity contribution in [1.82, 2.24) is 9.55 Å². The molecule has 130 valence electrons. The molecule has 1 N–H and O–H groups in total. The summed E-state index contributed by atoms with van der Waals surface area (Å²) >= 11 is 0. The number of rotatable bonds is 1. The molecule has 0 saturated carbocycles. The van der Waals surface area contributed by atoms with Crippen molar-refractivity contribution >= 4 is 16.9 Å². The lowest BCUT2D eigenvalue weighted by Crippen LogP contribution is -2.44. The van der Waals surface area contributed by atoms with Crippen molar-refractivity contribution in [3.63, 3.8) is 0 Å². The number of aromatic nitrogens is 2. The van der Waals surface area contributed by atoms with Gasteiger partial charge in [-0.2, -0.15) is 0 Å². The molecular formula is C20H16N2O4. The first-order valence-corrected chi connectivity index (χ1v) is 8.40. The zero-order valence-corrected chi connectivity index (χ0v) is 13.9. The Morgan fingerprint density at radius 1 is 1.35 bits per heavy atom. The minimum absolute atomic E-state index is 0.0458. The number of benzene rings is 1. The van der Waals surface area contributed by atoms with Crippen LogP contribution in [-0.2, 0) is 28.2 Å². The number of carbonyl (C=O) groups is 1. The monoisotopic (exact) mass is 352 g/mol. The highest BCUT2D eigenvalue weighted by atomic mass is 16.6. The molecule has 0 aliphatic carbocycles. The minimum atomic E-state index is -2.61. The molecule has 2 aliphatic heterocycles. The van der Waals surface area contributed by atoms with Gasteiger partial charge in [-0.3, -0.25) is 4.79 Å². The first-order chi connectivity index (χ1) is 13.3. The molecule has 0 unspecified atom stereocenters. The van der Waals surface area contributed by atoms with E-state index in [1.165, 1.54) is 10.6 Å². The highest BCUT2D eigenvalue weighted by Gasteiger charge is 2.45. The topological polar surface area (TPSA) is 81.4 Å². The lowest BCUT2D eigenvalue weighted by atomic mass is 9.86. The predicted molar refractivity (Wildman–Crippen MR) is 94.5 cm³/mol. The van der Waals surface area contributed by atoms with Gasteiger partial charge in [-0.1, -0.05) is 25.1 Å². The number of hydrogen-bond donors (Lipinski definition) is 1. The molecule has 2 aromatic heterocycles. The highest BCUT2D eigenvalue weighted by molar-refractivity contribution is 5.86. The Bertz CT molecular complexity index is 1250. The molecule has 0 fully saturated rings. The normalized spacial score (nSPS) is 23.5. The highest BCUT2D eigenvalue weighted by Crippen LogP contribution is 2.38. The van der Waals surface area contributed by atoms with E-state index < -0.39 is 23.7 Å². The maximum atomic E-state index is 13.2. The Morgan fingerprint density at radius 3 is 2.96 bits per heavy atom. The van der Waals surface area contributed by atoms with Crippen LogP contribution in [0.15, 0.2) is 41.2 Å². The smallest absolute Gasteiger partial charge is 0.343 e. The molecule has 26 heavy (non-hydrogen) atoms. The molecule has 6 nitrogen and oxygen atoms in total. The fourth-order valence-electron chi connectivity index (χ4n) is 3.72. The third-order valence-electron chi connectivity index (χ3n) is 5.21. The molecule has 1 aromatic carbocycles. The van der Waals surface area contributed by atoms with Crippen LogP contribution in [-0.4, -0.2) is 20.6 Å². The molecule has 0 radical (unpaired) electrons. The molecule has 0 spiro atoms. The molecule has 4 heterocycles. The second kappa shape index (κ2) is 5.02. The van der Waals surface area contributed by atoms with Crippen molar-refractivity contribution < 1.29 is 17.4 Å². The number of aliphatic hydroxyl groups is 1. The van der Waals surface area contributed by atoms with Gasteiger partial charge in [-0.05, 0) is 24.6 Å². The number of pyridine rings is 2. The van der Waals surface area contributed by atoms with Gasteiger partial charge in [-0.25, -0.2) is 9.78 Å². The van der Waals surface area contributed by atoms with Crippen LogP contribution in [0.2, 0.25) is 0 Å². The summed E-state index contributed by atoms with van der Waals surface area (Å²) in [4.78, 5) is 30.2. The Morgan fingerprint density at radius 2 is 2.15 bits per heavy atom. The average molecular weight is 352 g/mol. The summed E-state index contributed by atoms with van der Waals surface area (Å²) < 4.78 is 22.3. The van der Waals surface area contributed by atoms with E-state index >= 15 is 0 Å². The van der Waals surface area contributed by atoms with Crippen LogP contribution in [0, 0.1) is 0 Å². The van der Waals surface area contributed by atoms with E-state index in [-0.39, 0.29) is 24.1 Å². The van der Waals surface area contributed by atoms with Crippen molar-refractivity contribution in [3.05, 3.63) is 63.4 Å². The van der Waals surface area contributed by atoms with Gasteiger partial charge < -0.3 is 14.4 Å². The van der Waals surface area contributed by atoms with Crippen LogP contribution >= 0.6 is 0 Å². The van der Waals surface area contributed by atoms with Crippen LogP contribution in [0.5, 0.6) is 0 Å². The van der Waals surface area contributed by atoms with Crippen LogP contribution in [0.1, 0.15) is 32.8 Å². The zero-order valence-electron chi connectivity index (χ0n) is 15.9.